The second-order valence-corrected chi connectivity index (χ2v) is 6.36. The highest BCUT2D eigenvalue weighted by Gasteiger charge is 2.11. The number of rotatable bonds is 4. The standard InChI is InChI=1S/C21H18N4O2/c1-14-7-9-16(10-8-14)11-12-20-23-19(24-27-20)13-25-15(2)22-18-6-4-3-5-17(18)21(25)26/h3-12H,13H2,1-2H3/b12-11+. The molecule has 0 spiro atoms. The third kappa shape index (κ3) is 3.55. The monoisotopic (exact) mass is 358 g/mol. The summed E-state index contributed by atoms with van der Waals surface area (Å²) in [6, 6.07) is 15.4. The molecule has 4 aromatic rings. The molecule has 0 unspecified atom stereocenters. The Morgan fingerprint density at radius 2 is 1.78 bits per heavy atom. The Morgan fingerprint density at radius 3 is 2.59 bits per heavy atom. The van der Waals surface area contributed by atoms with Crippen molar-refractivity contribution in [2.24, 2.45) is 0 Å². The second kappa shape index (κ2) is 6.99. The van der Waals surface area contributed by atoms with Gasteiger partial charge in [0.15, 0.2) is 5.82 Å². The molecule has 0 aliphatic heterocycles. The van der Waals surface area contributed by atoms with Crippen LogP contribution in [0.5, 0.6) is 0 Å². The van der Waals surface area contributed by atoms with Crippen molar-refractivity contribution in [2.75, 3.05) is 0 Å². The maximum Gasteiger partial charge on any atom is 0.261 e. The molecule has 0 saturated carbocycles. The van der Waals surface area contributed by atoms with E-state index >= 15 is 0 Å². The van der Waals surface area contributed by atoms with E-state index in [0.29, 0.717) is 28.4 Å². The van der Waals surface area contributed by atoms with Crippen molar-refractivity contribution in [3.05, 3.63) is 87.6 Å². The van der Waals surface area contributed by atoms with Crippen LogP contribution in [0.25, 0.3) is 23.1 Å². The molecule has 0 aliphatic carbocycles. The number of fused-ring (bicyclic) bond motifs is 1. The summed E-state index contributed by atoms with van der Waals surface area (Å²) in [6.45, 7) is 4.06. The molecule has 0 radical (unpaired) electrons. The Bertz CT molecular complexity index is 1190. The minimum absolute atomic E-state index is 0.111. The van der Waals surface area contributed by atoms with Crippen LogP contribution in [0.1, 0.15) is 28.7 Å². The van der Waals surface area contributed by atoms with Gasteiger partial charge in [-0.25, -0.2) is 4.98 Å². The minimum atomic E-state index is -0.111. The Kier molecular flexibility index (Phi) is 4.38. The van der Waals surface area contributed by atoms with Crippen LogP contribution in [0.3, 0.4) is 0 Å². The fourth-order valence-electron chi connectivity index (χ4n) is 2.85. The van der Waals surface area contributed by atoms with E-state index in [1.54, 1.807) is 23.6 Å². The molecule has 2 aromatic carbocycles. The van der Waals surface area contributed by atoms with Crippen molar-refractivity contribution in [3.8, 4) is 0 Å². The molecule has 6 nitrogen and oxygen atoms in total. The predicted molar refractivity (Wildman–Crippen MR) is 104 cm³/mol. The van der Waals surface area contributed by atoms with Gasteiger partial charge in [-0.1, -0.05) is 47.1 Å². The third-order valence-corrected chi connectivity index (χ3v) is 4.33. The normalized spacial score (nSPS) is 11.5. The lowest BCUT2D eigenvalue weighted by Gasteiger charge is -2.08. The summed E-state index contributed by atoms with van der Waals surface area (Å²) in [5, 5.41) is 4.55. The zero-order chi connectivity index (χ0) is 18.8. The van der Waals surface area contributed by atoms with Crippen LogP contribution in [0.2, 0.25) is 0 Å². The lowest BCUT2D eigenvalue weighted by molar-refractivity contribution is 0.401. The van der Waals surface area contributed by atoms with Crippen LogP contribution in [-0.4, -0.2) is 19.7 Å². The van der Waals surface area contributed by atoms with E-state index in [2.05, 4.69) is 15.1 Å². The van der Waals surface area contributed by atoms with Gasteiger partial charge in [0.25, 0.3) is 11.4 Å². The van der Waals surface area contributed by atoms with Crippen molar-refractivity contribution in [2.45, 2.75) is 20.4 Å². The van der Waals surface area contributed by atoms with E-state index in [0.717, 1.165) is 5.56 Å². The van der Waals surface area contributed by atoms with Crippen LogP contribution in [-0.2, 0) is 6.54 Å². The lowest BCUT2D eigenvalue weighted by atomic mass is 10.1. The Balaban J connectivity index is 1.59. The molecule has 0 bridgehead atoms. The molecule has 0 atom stereocenters. The third-order valence-electron chi connectivity index (χ3n) is 4.33. The second-order valence-electron chi connectivity index (χ2n) is 6.36. The van der Waals surface area contributed by atoms with E-state index in [4.69, 9.17) is 4.52 Å². The largest absolute Gasteiger partial charge is 0.335 e. The molecule has 0 saturated heterocycles. The summed E-state index contributed by atoms with van der Waals surface area (Å²) in [7, 11) is 0. The van der Waals surface area contributed by atoms with Crippen LogP contribution < -0.4 is 5.56 Å². The van der Waals surface area contributed by atoms with E-state index in [9.17, 15) is 4.79 Å². The number of benzene rings is 2. The van der Waals surface area contributed by atoms with E-state index in [1.807, 2.05) is 55.5 Å². The van der Waals surface area contributed by atoms with Crippen LogP contribution in [0, 0.1) is 13.8 Å². The van der Waals surface area contributed by atoms with Crippen molar-refractivity contribution in [3.63, 3.8) is 0 Å². The number of hydrogen-bond donors (Lipinski definition) is 0. The van der Waals surface area contributed by atoms with Crippen LogP contribution in [0.4, 0.5) is 0 Å². The molecule has 2 heterocycles. The molecule has 0 amide bonds. The van der Waals surface area contributed by atoms with E-state index in [-0.39, 0.29) is 12.1 Å². The van der Waals surface area contributed by atoms with Gasteiger partial charge >= 0.3 is 0 Å². The highest BCUT2D eigenvalue weighted by molar-refractivity contribution is 5.77. The van der Waals surface area contributed by atoms with E-state index < -0.39 is 0 Å². The first-order chi connectivity index (χ1) is 13.1. The quantitative estimate of drug-likeness (QED) is 0.557. The van der Waals surface area contributed by atoms with Crippen molar-refractivity contribution in [1.82, 2.24) is 19.7 Å². The molecular weight excluding hydrogens is 340 g/mol. The van der Waals surface area contributed by atoms with Crippen LogP contribution in [0.15, 0.2) is 57.8 Å². The molecule has 27 heavy (non-hydrogen) atoms. The first-order valence-corrected chi connectivity index (χ1v) is 8.64. The van der Waals surface area contributed by atoms with Crippen molar-refractivity contribution < 1.29 is 4.52 Å². The highest BCUT2D eigenvalue weighted by Crippen LogP contribution is 2.11. The number of aromatic nitrogens is 4. The van der Waals surface area contributed by atoms with Gasteiger partial charge in [-0.3, -0.25) is 9.36 Å². The lowest BCUT2D eigenvalue weighted by Crippen LogP contribution is -2.24. The van der Waals surface area contributed by atoms with Gasteiger partial charge in [-0.05, 0) is 37.6 Å². The van der Waals surface area contributed by atoms with Crippen molar-refractivity contribution in [1.29, 1.82) is 0 Å². The summed E-state index contributed by atoms with van der Waals surface area (Å²) in [6.07, 6.45) is 3.67. The zero-order valence-corrected chi connectivity index (χ0v) is 15.1. The Labute approximate surface area is 155 Å². The molecule has 0 fully saturated rings. The summed E-state index contributed by atoms with van der Waals surface area (Å²) in [5.41, 5.74) is 2.83. The molecule has 4 rings (SSSR count). The Morgan fingerprint density at radius 1 is 1.00 bits per heavy atom. The first-order valence-electron chi connectivity index (χ1n) is 8.64. The minimum Gasteiger partial charge on any atom is -0.335 e. The fraction of sp³-hybridized carbons (Fsp3) is 0.143. The molecule has 6 heteroatoms. The van der Waals surface area contributed by atoms with Gasteiger partial charge in [-0.15, -0.1) is 0 Å². The SMILES string of the molecule is Cc1ccc(/C=C/c2nc(Cn3c(C)nc4ccccc4c3=O)no2)cc1. The summed E-state index contributed by atoms with van der Waals surface area (Å²) >= 11 is 0. The Hall–Kier alpha value is -3.54. The number of hydrogen-bond acceptors (Lipinski definition) is 5. The first kappa shape index (κ1) is 16.9. The predicted octanol–water partition coefficient (Wildman–Crippen LogP) is 3.62. The van der Waals surface area contributed by atoms with Gasteiger partial charge < -0.3 is 4.52 Å². The van der Waals surface area contributed by atoms with Gasteiger partial charge in [0.1, 0.15) is 5.82 Å². The smallest absolute Gasteiger partial charge is 0.261 e. The van der Waals surface area contributed by atoms with Gasteiger partial charge in [-0.2, -0.15) is 4.98 Å². The topological polar surface area (TPSA) is 73.8 Å². The molecule has 0 N–H and O–H groups in total. The molecule has 134 valence electrons. The molecular formula is C21H18N4O2. The maximum atomic E-state index is 12.7. The van der Waals surface area contributed by atoms with Crippen LogP contribution >= 0.6 is 0 Å². The highest BCUT2D eigenvalue weighted by atomic mass is 16.5. The summed E-state index contributed by atoms with van der Waals surface area (Å²) in [5.74, 6) is 1.44. The van der Waals surface area contributed by atoms with E-state index in [1.165, 1.54) is 5.56 Å². The summed E-state index contributed by atoms with van der Waals surface area (Å²) < 4.78 is 6.82. The van der Waals surface area contributed by atoms with Crippen molar-refractivity contribution >= 4 is 23.1 Å². The van der Waals surface area contributed by atoms with Gasteiger partial charge in [0.2, 0.25) is 0 Å². The average Bonchev–Trinajstić information content (AvgIpc) is 3.12. The number of para-hydroxylation sites is 1. The maximum absolute atomic E-state index is 12.7. The van der Waals surface area contributed by atoms with Gasteiger partial charge in [0, 0.05) is 6.08 Å². The number of aryl methyl sites for hydroxylation is 2. The molecule has 0 aliphatic rings. The average molecular weight is 358 g/mol. The number of nitrogens with zero attached hydrogens (tertiary/aromatic N) is 4. The fourth-order valence-corrected chi connectivity index (χ4v) is 2.85. The summed E-state index contributed by atoms with van der Waals surface area (Å²) in [4.78, 5) is 21.6. The zero-order valence-electron chi connectivity index (χ0n) is 15.1. The molecule has 2 aromatic heterocycles. The van der Waals surface area contributed by atoms with Gasteiger partial charge in [0.05, 0.1) is 17.4 Å².